The zero-order valence-electron chi connectivity index (χ0n) is 17.7. The van der Waals surface area contributed by atoms with Gasteiger partial charge in [-0.15, -0.1) is 0 Å². The maximum Gasteiger partial charge on any atom is 0.251 e. The van der Waals surface area contributed by atoms with Crippen molar-refractivity contribution in [3.63, 3.8) is 0 Å². The second-order valence-electron chi connectivity index (χ2n) is 7.99. The third-order valence-electron chi connectivity index (χ3n) is 5.97. The molecule has 0 bridgehead atoms. The minimum absolute atomic E-state index is 0.0212. The number of amides is 2. The number of piperidine rings is 1. The van der Waals surface area contributed by atoms with Crippen LogP contribution in [0.25, 0.3) is 6.08 Å². The molecule has 0 atom stereocenters. The van der Waals surface area contributed by atoms with Gasteiger partial charge in [-0.3, -0.25) is 9.59 Å². The first-order chi connectivity index (χ1) is 15.1. The summed E-state index contributed by atoms with van der Waals surface area (Å²) < 4.78 is 0. The van der Waals surface area contributed by atoms with Gasteiger partial charge in [0.1, 0.15) is 0 Å². The van der Waals surface area contributed by atoms with E-state index in [0.29, 0.717) is 12.1 Å². The van der Waals surface area contributed by atoms with Gasteiger partial charge in [-0.1, -0.05) is 18.2 Å². The highest BCUT2D eigenvalue weighted by Gasteiger charge is 2.28. The summed E-state index contributed by atoms with van der Waals surface area (Å²) in [5.41, 5.74) is 4.24. The Labute approximate surface area is 182 Å². The minimum atomic E-state index is -0.0958. The molecule has 4 rings (SSSR count). The largest absolute Gasteiger partial charge is 0.317 e. The second-order valence-corrected chi connectivity index (χ2v) is 7.99. The topological polar surface area (TPSA) is 76.4 Å². The summed E-state index contributed by atoms with van der Waals surface area (Å²) in [5, 5.41) is 12.5. The van der Waals surface area contributed by atoms with Crippen LogP contribution in [0.4, 0.5) is 11.4 Å². The fraction of sp³-hybridized carbons (Fsp3) is 0.320. The van der Waals surface area contributed by atoms with Crippen LogP contribution in [0.3, 0.4) is 0 Å². The van der Waals surface area contributed by atoms with Crippen molar-refractivity contribution in [2.24, 2.45) is 0 Å². The van der Waals surface area contributed by atoms with Gasteiger partial charge in [0.25, 0.3) is 5.91 Å². The van der Waals surface area contributed by atoms with Crippen LogP contribution in [0.5, 0.6) is 0 Å². The summed E-state index contributed by atoms with van der Waals surface area (Å²) in [6, 6.07) is 15.4. The average molecular weight is 415 g/mol. The molecule has 1 N–H and O–H groups in total. The number of hydrogen-bond donors (Lipinski definition) is 1. The van der Waals surface area contributed by atoms with E-state index in [4.69, 9.17) is 5.26 Å². The van der Waals surface area contributed by atoms with Crippen molar-refractivity contribution < 1.29 is 9.59 Å². The van der Waals surface area contributed by atoms with Gasteiger partial charge in [-0.05, 0) is 73.8 Å². The zero-order chi connectivity index (χ0) is 21.8. The number of carbonyl (C=O) groups is 2. The van der Waals surface area contributed by atoms with Gasteiger partial charge in [0.2, 0.25) is 5.91 Å². The lowest BCUT2D eigenvalue weighted by Gasteiger charge is -2.34. The molecule has 2 aromatic carbocycles. The number of nitriles is 1. The summed E-state index contributed by atoms with van der Waals surface area (Å²) in [7, 11) is 0. The fourth-order valence-corrected chi connectivity index (χ4v) is 4.39. The van der Waals surface area contributed by atoms with E-state index in [2.05, 4.69) is 11.4 Å². The number of rotatable bonds is 4. The predicted molar refractivity (Wildman–Crippen MR) is 122 cm³/mol. The third-order valence-corrected chi connectivity index (χ3v) is 5.97. The van der Waals surface area contributed by atoms with Crippen molar-refractivity contribution >= 4 is 29.3 Å². The Kier molecular flexibility index (Phi) is 6.15. The molecule has 0 spiro atoms. The standard InChI is InChI=1S/C25H26N4O2/c1-18(30)28-14-11-21-6-7-23(16-24(21)28)29(22-9-12-27-13-10-22)25(31)8-5-19-3-2-4-20(15-19)17-26/h2-8,15-16,22,27H,9-14H2,1H3/b8-5+. The minimum Gasteiger partial charge on any atom is -0.317 e. The number of anilines is 2. The molecule has 158 valence electrons. The van der Waals surface area contributed by atoms with Crippen LogP contribution >= 0.6 is 0 Å². The molecule has 6 nitrogen and oxygen atoms in total. The first kappa shape index (κ1) is 20.8. The van der Waals surface area contributed by atoms with E-state index < -0.39 is 0 Å². The molecule has 2 aromatic rings. The van der Waals surface area contributed by atoms with E-state index in [1.165, 1.54) is 0 Å². The van der Waals surface area contributed by atoms with Crippen LogP contribution in [-0.2, 0) is 16.0 Å². The van der Waals surface area contributed by atoms with Gasteiger partial charge < -0.3 is 15.1 Å². The number of benzene rings is 2. The van der Waals surface area contributed by atoms with Crippen molar-refractivity contribution in [2.45, 2.75) is 32.2 Å². The molecule has 2 aliphatic heterocycles. The lowest BCUT2D eigenvalue weighted by atomic mass is 10.0. The Hall–Kier alpha value is -3.43. The molecule has 31 heavy (non-hydrogen) atoms. The molecule has 0 radical (unpaired) electrons. The highest BCUT2D eigenvalue weighted by Crippen LogP contribution is 2.34. The van der Waals surface area contributed by atoms with E-state index >= 15 is 0 Å². The maximum absolute atomic E-state index is 13.4. The number of fused-ring (bicyclic) bond motifs is 1. The van der Waals surface area contributed by atoms with Gasteiger partial charge in [-0.25, -0.2) is 0 Å². The lowest BCUT2D eigenvalue weighted by molar-refractivity contribution is -0.116. The van der Waals surface area contributed by atoms with E-state index in [1.54, 1.807) is 36.1 Å². The Bertz CT molecular complexity index is 1060. The number of carbonyl (C=O) groups excluding carboxylic acids is 2. The van der Waals surface area contributed by atoms with Crippen LogP contribution < -0.4 is 15.1 Å². The van der Waals surface area contributed by atoms with Gasteiger partial charge in [0.15, 0.2) is 0 Å². The van der Waals surface area contributed by atoms with Crippen LogP contribution in [0, 0.1) is 11.3 Å². The maximum atomic E-state index is 13.4. The molecule has 0 aliphatic carbocycles. The Morgan fingerprint density at radius 1 is 1.19 bits per heavy atom. The molecule has 6 heteroatoms. The van der Waals surface area contributed by atoms with Crippen LogP contribution in [0.1, 0.15) is 36.5 Å². The summed E-state index contributed by atoms with van der Waals surface area (Å²) in [6.07, 6.45) is 5.92. The summed E-state index contributed by atoms with van der Waals surface area (Å²) in [4.78, 5) is 29.0. The van der Waals surface area contributed by atoms with Gasteiger partial charge in [0, 0.05) is 37.0 Å². The number of hydrogen-bond acceptors (Lipinski definition) is 4. The first-order valence-corrected chi connectivity index (χ1v) is 10.7. The molecule has 2 amide bonds. The Morgan fingerprint density at radius 3 is 2.74 bits per heavy atom. The van der Waals surface area contributed by atoms with Gasteiger partial charge >= 0.3 is 0 Å². The molecule has 0 saturated carbocycles. The molecule has 1 fully saturated rings. The molecule has 2 heterocycles. The van der Waals surface area contributed by atoms with Crippen molar-refractivity contribution in [3.8, 4) is 6.07 Å². The van der Waals surface area contributed by atoms with E-state index in [9.17, 15) is 9.59 Å². The van der Waals surface area contributed by atoms with Crippen molar-refractivity contribution in [1.82, 2.24) is 5.32 Å². The zero-order valence-corrected chi connectivity index (χ0v) is 17.7. The number of nitrogens with zero attached hydrogens (tertiary/aromatic N) is 3. The van der Waals surface area contributed by atoms with Crippen LogP contribution in [-0.4, -0.2) is 37.5 Å². The van der Waals surface area contributed by atoms with Crippen molar-refractivity contribution in [3.05, 3.63) is 65.2 Å². The second kappa shape index (κ2) is 9.15. The quantitative estimate of drug-likeness (QED) is 0.779. The monoisotopic (exact) mass is 414 g/mol. The predicted octanol–water partition coefficient (Wildman–Crippen LogP) is 3.27. The average Bonchev–Trinajstić information content (AvgIpc) is 3.22. The summed E-state index contributed by atoms with van der Waals surface area (Å²) in [6.45, 7) is 4.00. The molecule has 0 aromatic heterocycles. The van der Waals surface area contributed by atoms with Gasteiger partial charge in [-0.2, -0.15) is 5.26 Å². The van der Waals surface area contributed by atoms with Crippen molar-refractivity contribution in [2.75, 3.05) is 29.4 Å². The first-order valence-electron chi connectivity index (χ1n) is 10.7. The third kappa shape index (κ3) is 4.52. The van der Waals surface area contributed by atoms with Crippen LogP contribution in [0.15, 0.2) is 48.5 Å². The SMILES string of the molecule is CC(=O)N1CCc2ccc(N(C(=O)/C=C/c3cccc(C#N)c3)C3CCNCC3)cc21. The van der Waals surface area contributed by atoms with E-state index in [0.717, 1.165) is 54.9 Å². The fourth-order valence-electron chi connectivity index (χ4n) is 4.39. The van der Waals surface area contributed by atoms with E-state index in [1.807, 2.05) is 35.2 Å². The molecular formula is C25H26N4O2. The Balaban J connectivity index is 1.66. The lowest BCUT2D eigenvalue weighted by Crippen LogP contribution is -2.46. The summed E-state index contributed by atoms with van der Waals surface area (Å²) >= 11 is 0. The highest BCUT2D eigenvalue weighted by molar-refractivity contribution is 6.05. The highest BCUT2D eigenvalue weighted by atomic mass is 16.2. The smallest absolute Gasteiger partial charge is 0.251 e. The molecule has 2 aliphatic rings. The molecular weight excluding hydrogens is 388 g/mol. The normalized spacial score (nSPS) is 16.2. The molecule has 0 unspecified atom stereocenters. The van der Waals surface area contributed by atoms with Crippen molar-refractivity contribution in [1.29, 1.82) is 5.26 Å². The Morgan fingerprint density at radius 2 is 2.00 bits per heavy atom. The van der Waals surface area contributed by atoms with Gasteiger partial charge in [0.05, 0.1) is 11.6 Å². The van der Waals surface area contributed by atoms with E-state index in [-0.39, 0.29) is 17.9 Å². The van der Waals surface area contributed by atoms with Crippen LogP contribution in [0.2, 0.25) is 0 Å². The molecule has 1 saturated heterocycles. The summed E-state index contributed by atoms with van der Waals surface area (Å²) in [5.74, 6) is -0.0745. The number of nitrogens with one attached hydrogen (secondary N) is 1.